The fourth-order valence-corrected chi connectivity index (χ4v) is 2.88. The van der Waals surface area contributed by atoms with Crippen molar-refractivity contribution in [3.05, 3.63) is 76.3 Å². The highest BCUT2D eigenvalue weighted by molar-refractivity contribution is 7.15. The molecule has 0 saturated heterocycles. The molecule has 2 aromatic carbocycles. The van der Waals surface area contributed by atoms with Gasteiger partial charge in [0.25, 0.3) is 5.91 Å². The second-order valence-electron chi connectivity index (χ2n) is 5.32. The van der Waals surface area contributed by atoms with Crippen molar-refractivity contribution in [2.24, 2.45) is 0 Å². The molecule has 0 aliphatic rings. The molecular weight excluding hydrogens is 334 g/mol. The fraction of sp³-hybridized carbons (Fsp3) is 0.105. The zero-order valence-corrected chi connectivity index (χ0v) is 14.3. The molecule has 3 aromatic rings. The Kier molecular flexibility index (Phi) is 5.07. The van der Waals surface area contributed by atoms with Crippen molar-refractivity contribution in [2.75, 3.05) is 5.32 Å². The molecule has 1 heterocycles. The maximum atomic E-state index is 12.3. The lowest BCUT2D eigenvalue weighted by Gasteiger charge is -2.09. The third-order valence-electron chi connectivity index (χ3n) is 3.47. The van der Waals surface area contributed by atoms with Crippen molar-refractivity contribution in [3.8, 4) is 11.8 Å². The number of aromatic nitrogens is 1. The van der Waals surface area contributed by atoms with E-state index in [4.69, 9.17) is 10.00 Å². The minimum absolute atomic E-state index is 0.239. The number of nitrogens with zero attached hydrogens (tertiary/aromatic N) is 2. The van der Waals surface area contributed by atoms with E-state index in [9.17, 15) is 4.79 Å². The number of rotatable bonds is 5. The van der Waals surface area contributed by atoms with Crippen molar-refractivity contribution in [1.29, 1.82) is 5.26 Å². The van der Waals surface area contributed by atoms with E-state index >= 15 is 0 Å². The summed E-state index contributed by atoms with van der Waals surface area (Å²) in [5.41, 5.74) is 1.87. The van der Waals surface area contributed by atoms with E-state index in [0.717, 1.165) is 10.4 Å². The Balaban J connectivity index is 1.69. The van der Waals surface area contributed by atoms with Gasteiger partial charge >= 0.3 is 0 Å². The van der Waals surface area contributed by atoms with Crippen molar-refractivity contribution >= 4 is 22.4 Å². The average molecular weight is 349 g/mol. The number of amides is 1. The van der Waals surface area contributed by atoms with Gasteiger partial charge in [0.1, 0.15) is 12.4 Å². The van der Waals surface area contributed by atoms with Crippen LogP contribution in [0.3, 0.4) is 0 Å². The lowest BCUT2D eigenvalue weighted by atomic mass is 10.1. The van der Waals surface area contributed by atoms with Crippen LogP contribution in [-0.4, -0.2) is 10.9 Å². The first-order chi connectivity index (χ1) is 12.2. The predicted molar refractivity (Wildman–Crippen MR) is 96.7 cm³/mol. The Morgan fingerprint density at radius 2 is 2.12 bits per heavy atom. The van der Waals surface area contributed by atoms with E-state index in [1.807, 2.05) is 25.1 Å². The highest BCUT2D eigenvalue weighted by atomic mass is 32.1. The number of thiazole rings is 1. The van der Waals surface area contributed by atoms with Gasteiger partial charge in [-0.25, -0.2) is 4.98 Å². The Hall–Kier alpha value is -3.17. The van der Waals surface area contributed by atoms with E-state index in [1.54, 1.807) is 36.5 Å². The molecule has 0 aliphatic heterocycles. The van der Waals surface area contributed by atoms with E-state index in [2.05, 4.69) is 16.4 Å². The Morgan fingerprint density at radius 3 is 2.88 bits per heavy atom. The van der Waals surface area contributed by atoms with Crippen LogP contribution in [0.25, 0.3) is 0 Å². The number of aryl methyl sites for hydroxylation is 1. The van der Waals surface area contributed by atoms with Crippen LogP contribution in [0.2, 0.25) is 0 Å². The molecule has 0 fully saturated rings. The Labute approximate surface area is 149 Å². The van der Waals surface area contributed by atoms with Gasteiger partial charge in [-0.05, 0) is 31.2 Å². The molecule has 0 unspecified atom stereocenters. The van der Waals surface area contributed by atoms with Crippen LogP contribution >= 0.6 is 11.3 Å². The van der Waals surface area contributed by atoms with Gasteiger partial charge in [0, 0.05) is 22.2 Å². The van der Waals surface area contributed by atoms with Crippen LogP contribution in [0.5, 0.6) is 5.75 Å². The summed E-state index contributed by atoms with van der Waals surface area (Å²) < 4.78 is 5.74. The van der Waals surface area contributed by atoms with Gasteiger partial charge in [-0.2, -0.15) is 5.26 Å². The summed E-state index contributed by atoms with van der Waals surface area (Å²) >= 11 is 1.42. The molecule has 0 spiro atoms. The lowest BCUT2D eigenvalue weighted by Crippen LogP contribution is -2.11. The summed E-state index contributed by atoms with van der Waals surface area (Å²) in [5, 5.41) is 12.4. The lowest BCUT2D eigenvalue weighted by molar-refractivity contribution is 0.102. The Bertz CT molecular complexity index is 944. The molecule has 3 rings (SSSR count). The van der Waals surface area contributed by atoms with E-state index in [1.165, 1.54) is 11.3 Å². The minimum Gasteiger partial charge on any atom is -0.489 e. The second-order valence-corrected chi connectivity index (χ2v) is 6.55. The van der Waals surface area contributed by atoms with Gasteiger partial charge in [0.05, 0.1) is 11.6 Å². The first-order valence-corrected chi connectivity index (χ1v) is 8.42. The topological polar surface area (TPSA) is 75.0 Å². The molecule has 5 nitrogen and oxygen atoms in total. The molecule has 1 N–H and O–H groups in total. The Morgan fingerprint density at radius 1 is 1.28 bits per heavy atom. The van der Waals surface area contributed by atoms with Crippen LogP contribution in [0.4, 0.5) is 5.13 Å². The fourth-order valence-electron chi connectivity index (χ4n) is 2.23. The maximum absolute atomic E-state index is 12.3. The summed E-state index contributed by atoms with van der Waals surface area (Å²) in [6, 6.07) is 16.3. The summed E-state index contributed by atoms with van der Waals surface area (Å²) in [6.45, 7) is 2.20. The number of nitrogens with one attached hydrogen (secondary N) is 1. The number of hydrogen-bond acceptors (Lipinski definition) is 5. The highest BCUT2D eigenvalue weighted by Gasteiger charge is 2.10. The summed E-state index contributed by atoms with van der Waals surface area (Å²) in [4.78, 5) is 17.5. The van der Waals surface area contributed by atoms with Crippen molar-refractivity contribution in [2.45, 2.75) is 13.5 Å². The largest absolute Gasteiger partial charge is 0.489 e. The van der Waals surface area contributed by atoms with Crippen LogP contribution in [0.1, 0.15) is 26.4 Å². The standard InChI is InChI=1S/C19H15N3O2S/c1-13-11-21-19(25-13)22-18(23)14-7-4-8-17(9-14)24-12-16-6-3-2-5-15(16)10-20/h2-9,11H,12H2,1H3,(H,21,22,23). The SMILES string of the molecule is Cc1cnc(NC(=O)c2cccc(OCc3ccccc3C#N)c2)s1. The number of hydrogen-bond donors (Lipinski definition) is 1. The molecule has 0 atom stereocenters. The van der Waals surface area contributed by atoms with Gasteiger partial charge in [-0.1, -0.05) is 24.3 Å². The summed E-state index contributed by atoms with van der Waals surface area (Å²) in [5.74, 6) is 0.327. The number of benzene rings is 2. The van der Waals surface area contributed by atoms with Crippen molar-refractivity contribution < 1.29 is 9.53 Å². The van der Waals surface area contributed by atoms with E-state index in [-0.39, 0.29) is 12.5 Å². The summed E-state index contributed by atoms with van der Waals surface area (Å²) in [7, 11) is 0. The predicted octanol–water partition coefficient (Wildman–Crippen LogP) is 4.15. The first-order valence-electron chi connectivity index (χ1n) is 7.60. The zero-order valence-electron chi connectivity index (χ0n) is 13.5. The molecular formula is C19H15N3O2S. The minimum atomic E-state index is -0.239. The molecule has 0 radical (unpaired) electrons. The monoisotopic (exact) mass is 349 g/mol. The third-order valence-corrected chi connectivity index (χ3v) is 4.30. The smallest absolute Gasteiger partial charge is 0.257 e. The molecule has 124 valence electrons. The third kappa shape index (κ3) is 4.22. The molecule has 0 saturated carbocycles. The quantitative estimate of drug-likeness (QED) is 0.751. The average Bonchev–Trinajstić information content (AvgIpc) is 3.05. The number of carbonyl (C=O) groups excluding carboxylic acids is 1. The van der Waals surface area contributed by atoms with Gasteiger partial charge in [0.15, 0.2) is 5.13 Å². The number of carbonyl (C=O) groups is 1. The van der Waals surface area contributed by atoms with Crippen LogP contribution in [0, 0.1) is 18.3 Å². The van der Waals surface area contributed by atoms with Gasteiger partial charge in [-0.3, -0.25) is 10.1 Å². The molecule has 1 aromatic heterocycles. The van der Waals surface area contributed by atoms with Crippen LogP contribution in [-0.2, 0) is 6.61 Å². The van der Waals surface area contributed by atoms with E-state index < -0.39 is 0 Å². The first kappa shape index (κ1) is 16.7. The van der Waals surface area contributed by atoms with Gasteiger partial charge < -0.3 is 4.74 Å². The second kappa shape index (κ2) is 7.60. The number of ether oxygens (including phenoxy) is 1. The number of anilines is 1. The highest BCUT2D eigenvalue weighted by Crippen LogP contribution is 2.20. The molecule has 0 aliphatic carbocycles. The van der Waals surface area contributed by atoms with Crippen LogP contribution in [0.15, 0.2) is 54.7 Å². The van der Waals surface area contributed by atoms with Gasteiger partial charge in [0.2, 0.25) is 0 Å². The van der Waals surface area contributed by atoms with Crippen LogP contribution < -0.4 is 10.1 Å². The molecule has 0 bridgehead atoms. The number of nitriles is 1. The van der Waals surface area contributed by atoms with Crippen molar-refractivity contribution in [3.63, 3.8) is 0 Å². The van der Waals surface area contributed by atoms with Gasteiger partial charge in [-0.15, -0.1) is 11.3 Å². The molecule has 1 amide bonds. The molecule has 25 heavy (non-hydrogen) atoms. The van der Waals surface area contributed by atoms with Crippen molar-refractivity contribution in [1.82, 2.24) is 4.98 Å². The van der Waals surface area contributed by atoms with E-state index in [0.29, 0.717) is 22.0 Å². The maximum Gasteiger partial charge on any atom is 0.257 e. The zero-order chi connectivity index (χ0) is 17.6. The summed E-state index contributed by atoms with van der Waals surface area (Å²) in [6.07, 6.45) is 1.71. The molecule has 6 heteroatoms. The normalized spacial score (nSPS) is 10.1.